The van der Waals surface area contributed by atoms with Gasteiger partial charge in [-0.15, -0.1) is 11.3 Å². The molecule has 0 aliphatic carbocycles. The van der Waals surface area contributed by atoms with Gasteiger partial charge in [0.25, 0.3) is 0 Å². The SMILES string of the molecule is Cc1ccc(-c2csc(NC(=O)Cc3ccc(-c4ccccc4)cc3)n2)cc1. The number of nitrogens with one attached hydrogen (secondary N) is 1. The maximum absolute atomic E-state index is 12.4. The molecule has 4 rings (SSSR count). The molecule has 0 unspecified atom stereocenters. The molecule has 28 heavy (non-hydrogen) atoms. The monoisotopic (exact) mass is 384 g/mol. The minimum absolute atomic E-state index is 0.0581. The van der Waals surface area contributed by atoms with Crippen molar-refractivity contribution in [1.29, 1.82) is 0 Å². The van der Waals surface area contributed by atoms with Gasteiger partial charge in [-0.05, 0) is 23.6 Å². The highest BCUT2D eigenvalue weighted by Crippen LogP contribution is 2.25. The van der Waals surface area contributed by atoms with Crippen LogP contribution in [0, 0.1) is 6.92 Å². The molecule has 0 atom stereocenters. The third-order valence-corrected chi connectivity index (χ3v) is 5.28. The van der Waals surface area contributed by atoms with Crippen molar-refractivity contribution in [3.63, 3.8) is 0 Å². The molecule has 0 saturated carbocycles. The lowest BCUT2D eigenvalue weighted by Gasteiger charge is -2.05. The van der Waals surface area contributed by atoms with E-state index in [1.54, 1.807) is 0 Å². The Labute approximate surface area is 168 Å². The van der Waals surface area contributed by atoms with Gasteiger partial charge in [-0.25, -0.2) is 4.98 Å². The minimum atomic E-state index is -0.0581. The fraction of sp³-hybridized carbons (Fsp3) is 0.0833. The average Bonchev–Trinajstić information content (AvgIpc) is 3.18. The smallest absolute Gasteiger partial charge is 0.230 e. The van der Waals surface area contributed by atoms with Crippen LogP contribution in [0.3, 0.4) is 0 Å². The number of hydrogen-bond donors (Lipinski definition) is 1. The Morgan fingerprint density at radius 1 is 0.857 bits per heavy atom. The topological polar surface area (TPSA) is 42.0 Å². The van der Waals surface area contributed by atoms with Gasteiger partial charge in [-0.1, -0.05) is 84.4 Å². The Balaban J connectivity index is 1.39. The molecular weight excluding hydrogens is 364 g/mol. The molecule has 0 bridgehead atoms. The van der Waals surface area contributed by atoms with E-state index in [2.05, 4.69) is 53.6 Å². The molecule has 4 aromatic rings. The van der Waals surface area contributed by atoms with Crippen LogP contribution in [0.5, 0.6) is 0 Å². The van der Waals surface area contributed by atoms with Crippen LogP contribution >= 0.6 is 11.3 Å². The first-order valence-corrected chi connectivity index (χ1v) is 10.0. The number of hydrogen-bond acceptors (Lipinski definition) is 3. The van der Waals surface area contributed by atoms with E-state index in [-0.39, 0.29) is 5.91 Å². The number of aromatic nitrogens is 1. The fourth-order valence-corrected chi connectivity index (χ4v) is 3.72. The van der Waals surface area contributed by atoms with Crippen molar-refractivity contribution in [1.82, 2.24) is 4.98 Å². The number of carbonyl (C=O) groups excluding carboxylic acids is 1. The van der Waals surface area contributed by atoms with Gasteiger partial charge in [-0.2, -0.15) is 0 Å². The summed E-state index contributed by atoms with van der Waals surface area (Å²) in [6.45, 7) is 2.06. The number of amides is 1. The molecule has 0 fully saturated rings. The predicted molar refractivity (Wildman–Crippen MR) is 116 cm³/mol. The molecule has 1 aromatic heterocycles. The summed E-state index contributed by atoms with van der Waals surface area (Å²) in [5.74, 6) is -0.0581. The molecule has 3 aromatic carbocycles. The molecule has 0 aliphatic rings. The van der Waals surface area contributed by atoms with Crippen molar-refractivity contribution in [3.8, 4) is 22.4 Å². The molecular formula is C24H20N2OS. The molecule has 4 heteroatoms. The van der Waals surface area contributed by atoms with E-state index in [9.17, 15) is 4.79 Å². The Bertz CT molecular complexity index is 1070. The maximum Gasteiger partial charge on any atom is 0.230 e. The van der Waals surface area contributed by atoms with Crippen molar-refractivity contribution in [2.45, 2.75) is 13.3 Å². The van der Waals surface area contributed by atoms with Crippen molar-refractivity contribution < 1.29 is 4.79 Å². The van der Waals surface area contributed by atoms with E-state index >= 15 is 0 Å². The summed E-state index contributed by atoms with van der Waals surface area (Å²) in [4.78, 5) is 16.9. The Morgan fingerprint density at radius 3 is 2.21 bits per heavy atom. The van der Waals surface area contributed by atoms with Crippen LogP contribution in [-0.2, 0) is 11.2 Å². The molecule has 1 amide bonds. The maximum atomic E-state index is 12.4. The van der Waals surface area contributed by atoms with Crippen LogP contribution in [-0.4, -0.2) is 10.9 Å². The molecule has 1 heterocycles. The number of carbonyl (C=O) groups is 1. The molecule has 0 radical (unpaired) electrons. The second-order valence-electron chi connectivity index (χ2n) is 6.69. The normalized spacial score (nSPS) is 10.6. The summed E-state index contributed by atoms with van der Waals surface area (Å²) in [5, 5.41) is 5.50. The third kappa shape index (κ3) is 4.35. The molecule has 138 valence electrons. The van der Waals surface area contributed by atoms with E-state index in [4.69, 9.17) is 0 Å². The van der Waals surface area contributed by atoms with E-state index in [0.717, 1.165) is 22.4 Å². The zero-order chi connectivity index (χ0) is 19.3. The Hall–Kier alpha value is -3.24. The number of benzene rings is 3. The van der Waals surface area contributed by atoms with Crippen LogP contribution in [0.2, 0.25) is 0 Å². The van der Waals surface area contributed by atoms with E-state index in [0.29, 0.717) is 11.6 Å². The van der Waals surface area contributed by atoms with Gasteiger partial charge in [0.1, 0.15) is 0 Å². The van der Waals surface area contributed by atoms with Gasteiger partial charge < -0.3 is 5.32 Å². The molecule has 0 spiro atoms. The first kappa shape index (κ1) is 18.1. The van der Waals surface area contributed by atoms with E-state index in [1.165, 1.54) is 22.5 Å². The van der Waals surface area contributed by atoms with E-state index in [1.807, 2.05) is 47.8 Å². The number of anilines is 1. The van der Waals surface area contributed by atoms with Crippen LogP contribution in [0.4, 0.5) is 5.13 Å². The van der Waals surface area contributed by atoms with Gasteiger partial charge >= 0.3 is 0 Å². The highest BCUT2D eigenvalue weighted by atomic mass is 32.1. The summed E-state index contributed by atoms with van der Waals surface area (Å²) in [6, 6.07) is 26.5. The summed E-state index contributed by atoms with van der Waals surface area (Å²) >= 11 is 1.44. The van der Waals surface area contributed by atoms with E-state index < -0.39 is 0 Å². The quantitative estimate of drug-likeness (QED) is 0.461. The predicted octanol–water partition coefficient (Wildman–Crippen LogP) is 5.97. The fourth-order valence-electron chi connectivity index (χ4n) is 2.98. The molecule has 0 aliphatic heterocycles. The minimum Gasteiger partial charge on any atom is -0.302 e. The van der Waals surface area contributed by atoms with Crippen LogP contribution in [0.25, 0.3) is 22.4 Å². The molecule has 0 saturated heterocycles. The standard InChI is InChI=1S/C24H20N2OS/c1-17-7-11-21(12-8-17)22-16-28-24(25-22)26-23(27)15-18-9-13-20(14-10-18)19-5-3-2-4-6-19/h2-14,16H,15H2,1H3,(H,25,26,27). The van der Waals surface area contributed by atoms with Gasteiger partial charge in [0, 0.05) is 10.9 Å². The highest BCUT2D eigenvalue weighted by molar-refractivity contribution is 7.14. The first-order chi connectivity index (χ1) is 13.7. The molecule has 1 N–H and O–H groups in total. The lowest BCUT2D eigenvalue weighted by atomic mass is 10.0. The van der Waals surface area contributed by atoms with Gasteiger partial charge in [0.2, 0.25) is 5.91 Å². The number of rotatable bonds is 5. The second kappa shape index (κ2) is 8.19. The Kier molecular flexibility index (Phi) is 5.31. The van der Waals surface area contributed by atoms with Gasteiger partial charge in [-0.3, -0.25) is 4.79 Å². The average molecular weight is 385 g/mol. The number of nitrogens with zero attached hydrogens (tertiary/aromatic N) is 1. The highest BCUT2D eigenvalue weighted by Gasteiger charge is 2.09. The Morgan fingerprint density at radius 2 is 1.50 bits per heavy atom. The van der Waals surface area contributed by atoms with Crippen molar-refractivity contribution in [2.24, 2.45) is 0 Å². The van der Waals surface area contributed by atoms with Gasteiger partial charge in [0.15, 0.2) is 5.13 Å². The largest absolute Gasteiger partial charge is 0.302 e. The van der Waals surface area contributed by atoms with Crippen molar-refractivity contribution in [3.05, 3.63) is 95.4 Å². The van der Waals surface area contributed by atoms with Crippen LogP contribution in [0.15, 0.2) is 84.2 Å². The summed E-state index contributed by atoms with van der Waals surface area (Å²) in [7, 11) is 0. The summed E-state index contributed by atoms with van der Waals surface area (Å²) in [6.07, 6.45) is 0.328. The number of aryl methyl sites for hydroxylation is 1. The third-order valence-electron chi connectivity index (χ3n) is 4.52. The zero-order valence-electron chi connectivity index (χ0n) is 15.6. The van der Waals surface area contributed by atoms with Crippen LogP contribution < -0.4 is 5.32 Å². The zero-order valence-corrected chi connectivity index (χ0v) is 16.4. The lowest BCUT2D eigenvalue weighted by Crippen LogP contribution is -2.14. The van der Waals surface area contributed by atoms with Gasteiger partial charge in [0.05, 0.1) is 12.1 Å². The lowest BCUT2D eigenvalue weighted by molar-refractivity contribution is -0.115. The van der Waals surface area contributed by atoms with Crippen molar-refractivity contribution >= 4 is 22.4 Å². The number of thiazole rings is 1. The van der Waals surface area contributed by atoms with Crippen LogP contribution in [0.1, 0.15) is 11.1 Å². The molecule has 3 nitrogen and oxygen atoms in total. The second-order valence-corrected chi connectivity index (χ2v) is 7.55. The summed E-state index contributed by atoms with van der Waals surface area (Å²) in [5.41, 5.74) is 6.45. The van der Waals surface area contributed by atoms with Crippen molar-refractivity contribution in [2.75, 3.05) is 5.32 Å². The summed E-state index contributed by atoms with van der Waals surface area (Å²) < 4.78 is 0. The first-order valence-electron chi connectivity index (χ1n) is 9.14.